The van der Waals surface area contributed by atoms with E-state index in [9.17, 15) is 19.2 Å². The highest BCUT2D eigenvalue weighted by atomic mass is 32.2. The van der Waals surface area contributed by atoms with Gasteiger partial charge in [-0.2, -0.15) is 11.8 Å². The van der Waals surface area contributed by atoms with E-state index in [1.807, 2.05) is 57.4 Å². The summed E-state index contributed by atoms with van der Waals surface area (Å²) in [4.78, 5) is 51.4. The second kappa shape index (κ2) is 17.0. The number of thioether (sulfide) groups is 1. The highest BCUT2D eigenvalue weighted by Gasteiger charge is 2.30. The van der Waals surface area contributed by atoms with Gasteiger partial charge in [0, 0.05) is 5.92 Å². The van der Waals surface area contributed by atoms with E-state index in [1.165, 1.54) is 0 Å². The number of carbonyl (C=O) groups is 4. The molecule has 0 spiro atoms. The Morgan fingerprint density at radius 3 is 1.97 bits per heavy atom. The van der Waals surface area contributed by atoms with Gasteiger partial charge in [0.25, 0.3) is 0 Å². The Morgan fingerprint density at radius 1 is 0.861 bits per heavy atom. The van der Waals surface area contributed by atoms with Gasteiger partial charge >= 0.3 is 6.09 Å². The highest BCUT2D eigenvalue weighted by Crippen LogP contribution is 2.10. The largest absolute Gasteiger partial charge is 0.449 e. The van der Waals surface area contributed by atoms with Gasteiger partial charge in [0.15, 0.2) is 5.78 Å². The minimum Gasteiger partial charge on any atom is -0.449 e. The zero-order valence-electron chi connectivity index (χ0n) is 22.5. The molecule has 3 amide bonds. The number of alkyl carbamates (subject to hydrolysis) is 1. The number of nitrogens with one attached hydrogen (secondary N) is 3. The maximum Gasteiger partial charge on any atom is 0.407 e. The lowest BCUT2D eigenvalue weighted by atomic mass is 9.95. The molecule has 0 unspecified atom stereocenters. The lowest BCUT2D eigenvalue weighted by molar-refractivity contribution is -0.133. The Kier molecular flexibility index (Phi) is 14.9. The van der Waals surface area contributed by atoms with Crippen LogP contribution in [0.4, 0.5) is 4.79 Å². The smallest absolute Gasteiger partial charge is 0.407 e. The van der Waals surface area contributed by atoms with Crippen LogP contribution in [0.25, 0.3) is 0 Å². The summed E-state index contributed by atoms with van der Waals surface area (Å²) in [6.45, 7) is 9.62. The molecule has 0 heterocycles. The summed E-state index contributed by atoms with van der Waals surface area (Å²) in [6, 6.07) is 7.15. The number of hydrogen-bond donors (Lipinski definition) is 3. The van der Waals surface area contributed by atoms with Gasteiger partial charge in [-0.05, 0) is 42.8 Å². The minimum atomic E-state index is -0.832. The predicted octanol–water partition coefficient (Wildman–Crippen LogP) is 3.73. The Hall–Kier alpha value is -2.55. The van der Waals surface area contributed by atoms with Gasteiger partial charge in [-0.25, -0.2) is 4.79 Å². The molecule has 0 radical (unpaired) electrons. The fourth-order valence-electron chi connectivity index (χ4n) is 3.51. The van der Waals surface area contributed by atoms with Crippen LogP contribution in [0.2, 0.25) is 0 Å². The second-order valence-corrected chi connectivity index (χ2v) is 10.6. The molecule has 1 rings (SSSR count). The second-order valence-electron chi connectivity index (χ2n) is 9.63. The maximum atomic E-state index is 13.2. The molecule has 0 fully saturated rings. The summed E-state index contributed by atoms with van der Waals surface area (Å²) in [5.41, 5.74) is 0.939. The van der Waals surface area contributed by atoms with E-state index in [-0.39, 0.29) is 24.2 Å². The molecule has 0 aliphatic rings. The first kappa shape index (κ1) is 31.5. The third-order valence-corrected chi connectivity index (χ3v) is 6.13. The van der Waals surface area contributed by atoms with Gasteiger partial charge < -0.3 is 20.7 Å². The number of amides is 3. The molecular formula is C27H43N3O5S. The van der Waals surface area contributed by atoms with E-state index in [4.69, 9.17) is 4.74 Å². The fourth-order valence-corrected chi connectivity index (χ4v) is 3.98. The number of carbonyl (C=O) groups excluding carboxylic acids is 4. The van der Waals surface area contributed by atoms with E-state index >= 15 is 0 Å². The van der Waals surface area contributed by atoms with Crippen LogP contribution in [0.1, 0.15) is 59.4 Å². The van der Waals surface area contributed by atoms with Crippen LogP contribution in [0.15, 0.2) is 30.3 Å². The van der Waals surface area contributed by atoms with Crippen LogP contribution in [0.3, 0.4) is 0 Å². The molecule has 202 valence electrons. The molecule has 0 bridgehead atoms. The first-order valence-corrected chi connectivity index (χ1v) is 14.1. The number of hydrogen-bond acceptors (Lipinski definition) is 6. The Bertz CT molecular complexity index is 832. The van der Waals surface area contributed by atoms with Gasteiger partial charge in [-0.1, -0.05) is 71.4 Å². The van der Waals surface area contributed by atoms with E-state index in [1.54, 1.807) is 25.6 Å². The summed E-state index contributed by atoms with van der Waals surface area (Å²) < 4.78 is 5.17. The number of ketones is 1. The molecule has 8 nitrogen and oxygen atoms in total. The van der Waals surface area contributed by atoms with Crippen molar-refractivity contribution in [2.75, 3.05) is 18.6 Å². The van der Waals surface area contributed by atoms with Crippen LogP contribution < -0.4 is 16.0 Å². The van der Waals surface area contributed by atoms with Crippen molar-refractivity contribution >= 4 is 35.5 Å². The topological polar surface area (TPSA) is 114 Å². The van der Waals surface area contributed by atoms with Crippen molar-refractivity contribution < 1.29 is 23.9 Å². The van der Waals surface area contributed by atoms with Crippen LogP contribution in [-0.4, -0.2) is 60.4 Å². The van der Waals surface area contributed by atoms with Gasteiger partial charge in [0.2, 0.25) is 11.8 Å². The van der Waals surface area contributed by atoms with E-state index < -0.39 is 36.0 Å². The minimum absolute atomic E-state index is 0.0683. The van der Waals surface area contributed by atoms with Crippen molar-refractivity contribution in [3.63, 3.8) is 0 Å². The molecule has 0 saturated carbocycles. The number of rotatable bonds is 16. The average molecular weight is 522 g/mol. The number of Topliss-reactive ketones (excluding diaryl/α,β-unsaturated/α-hetero) is 1. The van der Waals surface area contributed by atoms with Gasteiger partial charge in [-0.3, -0.25) is 14.4 Å². The molecule has 0 aliphatic heterocycles. The molecule has 36 heavy (non-hydrogen) atoms. The summed E-state index contributed by atoms with van der Waals surface area (Å²) >= 11 is 1.55. The molecule has 3 atom stereocenters. The van der Waals surface area contributed by atoms with E-state index in [0.29, 0.717) is 31.4 Å². The lowest BCUT2D eigenvalue weighted by Gasteiger charge is -2.26. The molecule has 1 aromatic carbocycles. The molecule has 0 aliphatic carbocycles. The van der Waals surface area contributed by atoms with E-state index in [0.717, 1.165) is 5.56 Å². The predicted molar refractivity (Wildman–Crippen MR) is 145 cm³/mol. The quantitative estimate of drug-likeness (QED) is 0.306. The normalized spacial score (nSPS) is 13.6. The summed E-state index contributed by atoms with van der Waals surface area (Å²) in [6.07, 6.45) is 3.07. The monoisotopic (exact) mass is 521 g/mol. The van der Waals surface area contributed by atoms with Crippen molar-refractivity contribution in [1.29, 1.82) is 0 Å². The molecule has 9 heteroatoms. The SMILES string of the molecule is CCC[C@@H](NC(=O)[C@@H](CCSC)NC(=O)OCC(C)C)C(=O)N[C@H](Cc1ccccc1)C(=O)C(C)C. The zero-order valence-corrected chi connectivity index (χ0v) is 23.3. The van der Waals surface area contributed by atoms with E-state index in [2.05, 4.69) is 16.0 Å². The average Bonchev–Trinajstić information content (AvgIpc) is 2.84. The van der Waals surface area contributed by atoms with Crippen molar-refractivity contribution in [1.82, 2.24) is 16.0 Å². The van der Waals surface area contributed by atoms with Crippen molar-refractivity contribution in [2.24, 2.45) is 11.8 Å². The van der Waals surface area contributed by atoms with Crippen LogP contribution in [0.5, 0.6) is 0 Å². The lowest BCUT2D eigenvalue weighted by Crippen LogP contribution is -2.56. The maximum absolute atomic E-state index is 13.2. The first-order chi connectivity index (χ1) is 17.1. The van der Waals surface area contributed by atoms with Crippen LogP contribution >= 0.6 is 11.8 Å². The van der Waals surface area contributed by atoms with Gasteiger partial charge in [-0.15, -0.1) is 0 Å². The third kappa shape index (κ3) is 11.9. The Balaban J connectivity index is 2.95. The summed E-state index contributed by atoms with van der Waals surface area (Å²) in [7, 11) is 0. The molecule has 3 N–H and O–H groups in total. The van der Waals surface area contributed by atoms with Crippen molar-refractivity contribution in [3.05, 3.63) is 35.9 Å². The molecular weight excluding hydrogens is 478 g/mol. The highest BCUT2D eigenvalue weighted by molar-refractivity contribution is 7.98. The third-order valence-electron chi connectivity index (χ3n) is 5.49. The number of ether oxygens (including phenoxy) is 1. The fraction of sp³-hybridized carbons (Fsp3) is 0.630. The van der Waals surface area contributed by atoms with Gasteiger partial charge in [0.05, 0.1) is 12.6 Å². The molecule has 0 aromatic heterocycles. The molecule has 1 aromatic rings. The summed E-state index contributed by atoms with van der Waals surface area (Å²) in [5.74, 6) is -0.365. The standard InChI is InChI=1S/C27H43N3O5S/c1-7-11-21(28-26(33)22(14-15-36-6)30-27(34)35-17-18(2)3)25(32)29-23(24(31)19(4)5)16-20-12-9-8-10-13-20/h8-10,12-13,18-19,21-23H,7,11,14-17H2,1-6H3,(H,28,33)(H,29,32)(H,30,34)/t21-,22-,23-/m1/s1. The first-order valence-electron chi connectivity index (χ1n) is 12.7. The van der Waals surface area contributed by atoms with Crippen LogP contribution in [0, 0.1) is 11.8 Å². The number of benzene rings is 1. The Morgan fingerprint density at radius 2 is 1.44 bits per heavy atom. The summed E-state index contributed by atoms with van der Waals surface area (Å²) in [5, 5.41) is 8.29. The Labute approximate surface area is 220 Å². The van der Waals surface area contributed by atoms with Crippen molar-refractivity contribution in [3.8, 4) is 0 Å². The van der Waals surface area contributed by atoms with Crippen LogP contribution in [-0.2, 0) is 25.5 Å². The molecule has 0 saturated heterocycles. The van der Waals surface area contributed by atoms with Gasteiger partial charge in [0.1, 0.15) is 12.1 Å². The van der Waals surface area contributed by atoms with Crippen molar-refractivity contribution in [2.45, 2.75) is 78.4 Å². The zero-order chi connectivity index (χ0) is 27.1.